The second-order valence-corrected chi connectivity index (χ2v) is 4.73. The van der Waals surface area contributed by atoms with E-state index in [4.69, 9.17) is 9.47 Å². The predicted molar refractivity (Wildman–Crippen MR) is 83.4 cm³/mol. The first kappa shape index (κ1) is 17.0. The molecule has 0 saturated carbocycles. The molecule has 0 spiro atoms. The Hall–Kier alpha value is -1.10. The summed E-state index contributed by atoms with van der Waals surface area (Å²) in [6.07, 6.45) is 0. The first-order valence-electron chi connectivity index (χ1n) is 7.36. The lowest BCUT2D eigenvalue weighted by Crippen LogP contribution is -2.35. The lowest BCUT2D eigenvalue weighted by molar-refractivity contribution is 0.144. The minimum Gasteiger partial charge on any atom is -0.494 e. The molecule has 4 nitrogen and oxygen atoms in total. The number of hydrogen-bond donors (Lipinski definition) is 1. The van der Waals surface area contributed by atoms with E-state index < -0.39 is 0 Å². The van der Waals surface area contributed by atoms with Crippen LogP contribution < -0.4 is 10.1 Å². The SMILES string of the molecule is CCOc1ccc(C(CN(CC)CCOC)NC)cc1. The van der Waals surface area contributed by atoms with Crippen molar-refractivity contribution in [1.82, 2.24) is 10.2 Å². The summed E-state index contributed by atoms with van der Waals surface area (Å²) in [5.74, 6) is 0.929. The van der Waals surface area contributed by atoms with Crippen molar-refractivity contribution in [3.05, 3.63) is 29.8 Å². The number of ether oxygens (including phenoxy) is 2. The summed E-state index contributed by atoms with van der Waals surface area (Å²) < 4.78 is 10.6. The van der Waals surface area contributed by atoms with Crippen LogP contribution in [0.4, 0.5) is 0 Å². The van der Waals surface area contributed by atoms with Crippen LogP contribution in [0.1, 0.15) is 25.5 Å². The molecule has 1 unspecified atom stereocenters. The van der Waals surface area contributed by atoms with Gasteiger partial charge >= 0.3 is 0 Å². The van der Waals surface area contributed by atoms with Gasteiger partial charge in [-0.25, -0.2) is 0 Å². The van der Waals surface area contributed by atoms with Crippen molar-refractivity contribution in [1.29, 1.82) is 0 Å². The van der Waals surface area contributed by atoms with E-state index in [0.717, 1.165) is 32.0 Å². The summed E-state index contributed by atoms with van der Waals surface area (Å²) in [7, 11) is 3.75. The maximum atomic E-state index is 5.48. The molecule has 0 aliphatic heterocycles. The van der Waals surface area contributed by atoms with Gasteiger partial charge in [-0.05, 0) is 38.2 Å². The highest BCUT2D eigenvalue weighted by atomic mass is 16.5. The second-order valence-electron chi connectivity index (χ2n) is 4.73. The maximum Gasteiger partial charge on any atom is 0.119 e. The van der Waals surface area contributed by atoms with Gasteiger partial charge in [-0.3, -0.25) is 4.90 Å². The minimum absolute atomic E-state index is 0.322. The van der Waals surface area contributed by atoms with E-state index in [0.29, 0.717) is 12.6 Å². The first-order chi connectivity index (χ1) is 9.74. The van der Waals surface area contributed by atoms with Gasteiger partial charge in [0.05, 0.1) is 13.2 Å². The van der Waals surface area contributed by atoms with Crippen LogP contribution in [-0.4, -0.2) is 51.9 Å². The molecule has 0 aliphatic carbocycles. The van der Waals surface area contributed by atoms with Gasteiger partial charge in [-0.15, -0.1) is 0 Å². The number of nitrogens with zero attached hydrogens (tertiary/aromatic N) is 1. The fourth-order valence-electron chi connectivity index (χ4n) is 2.18. The summed E-state index contributed by atoms with van der Waals surface area (Å²) in [6, 6.07) is 8.66. The maximum absolute atomic E-state index is 5.48. The van der Waals surface area contributed by atoms with Crippen molar-refractivity contribution in [2.45, 2.75) is 19.9 Å². The summed E-state index contributed by atoms with van der Waals surface area (Å²) in [6.45, 7) is 8.62. The van der Waals surface area contributed by atoms with Crippen LogP contribution in [0.15, 0.2) is 24.3 Å². The molecule has 0 aliphatic rings. The first-order valence-corrected chi connectivity index (χ1v) is 7.36. The van der Waals surface area contributed by atoms with Crippen LogP contribution in [0.25, 0.3) is 0 Å². The van der Waals surface area contributed by atoms with Gasteiger partial charge in [0.15, 0.2) is 0 Å². The number of likely N-dealkylation sites (N-methyl/N-ethyl adjacent to an activating group) is 2. The Morgan fingerprint density at radius 3 is 2.40 bits per heavy atom. The van der Waals surface area contributed by atoms with Crippen molar-refractivity contribution in [2.75, 3.05) is 47.0 Å². The molecule has 1 rings (SSSR count). The molecule has 0 aromatic heterocycles. The minimum atomic E-state index is 0.322. The normalized spacial score (nSPS) is 12.7. The van der Waals surface area contributed by atoms with Gasteiger partial charge in [0.1, 0.15) is 5.75 Å². The zero-order valence-electron chi connectivity index (χ0n) is 13.2. The quantitative estimate of drug-likeness (QED) is 0.713. The average molecular weight is 280 g/mol. The molecule has 0 amide bonds. The summed E-state index contributed by atoms with van der Waals surface area (Å²) in [5, 5.41) is 3.39. The molecule has 1 N–H and O–H groups in total. The van der Waals surface area contributed by atoms with Crippen molar-refractivity contribution in [2.24, 2.45) is 0 Å². The summed E-state index contributed by atoms with van der Waals surface area (Å²) in [4.78, 5) is 2.39. The topological polar surface area (TPSA) is 33.7 Å². The van der Waals surface area contributed by atoms with Gasteiger partial charge in [-0.1, -0.05) is 19.1 Å². The monoisotopic (exact) mass is 280 g/mol. The number of benzene rings is 1. The lowest BCUT2D eigenvalue weighted by atomic mass is 10.1. The molecule has 4 heteroatoms. The Morgan fingerprint density at radius 1 is 1.20 bits per heavy atom. The molecule has 0 saturated heterocycles. The highest BCUT2D eigenvalue weighted by Crippen LogP contribution is 2.18. The molecule has 20 heavy (non-hydrogen) atoms. The summed E-state index contributed by atoms with van der Waals surface area (Å²) >= 11 is 0. The smallest absolute Gasteiger partial charge is 0.119 e. The molecule has 1 atom stereocenters. The highest BCUT2D eigenvalue weighted by Gasteiger charge is 2.13. The van der Waals surface area contributed by atoms with E-state index in [1.807, 2.05) is 26.1 Å². The third-order valence-electron chi connectivity index (χ3n) is 3.44. The van der Waals surface area contributed by atoms with Crippen molar-refractivity contribution in [3.63, 3.8) is 0 Å². The fraction of sp³-hybridized carbons (Fsp3) is 0.625. The van der Waals surface area contributed by atoms with Crippen LogP contribution in [0.2, 0.25) is 0 Å². The van der Waals surface area contributed by atoms with E-state index in [-0.39, 0.29) is 0 Å². The Bertz CT molecular complexity index is 354. The van der Waals surface area contributed by atoms with Crippen molar-refractivity contribution < 1.29 is 9.47 Å². The number of methoxy groups -OCH3 is 1. The average Bonchev–Trinajstić information content (AvgIpc) is 2.49. The third kappa shape index (κ3) is 5.49. The van der Waals surface area contributed by atoms with Crippen LogP contribution in [0, 0.1) is 0 Å². The second kappa shape index (κ2) is 9.75. The highest BCUT2D eigenvalue weighted by molar-refractivity contribution is 5.29. The molecule has 0 radical (unpaired) electrons. The molecular weight excluding hydrogens is 252 g/mol. The zero-order valence-corrected chi connectivity index (χ0v) is 13.2. The molecule has 0 bridgehead atoms. The molecule has 1 aromatic carbocycles. The molecule has 1 aromatic rings. The van der Waals surface area contributed by atoms with Crippen LogP contribution >= 0.6 is 0 Å². The van der Waals surface area contributed by atoms with Crippen molar-refractivity contribution in [3.8, 4) is 5.75 Å². The van der Waals surface area contributed by atoms with Gasteiger partial charge < -0.3 is 14.8 Å². The van der Waals surface area contributed by atoms with E-state index in [9.17, 15) is 0 Å². The number of nitrogens with one attached hydrogen (secondary N) is 1. The number of rotatable bonds is 10. The van der Waals surface area contributed by atoms with Crippen LogP contribution in [0.3, 0.4) is 0 Å². The van der Waals surface area contributed by atoms with E-state index in [1.165, 1.54) is 5.56 Å². The van der Waals surface area contributed by atoms with Crippen LogP contribution in [0.5, 0.6) is 5.75 Å². The Balaban J connectivity index is 2.64. The van der Waals surface area contributed by atoms with E-state index in [2.05, 4.69) is 29.3 Å². The summed E-state index contributed by atoms with van der Waals surface area (Å²) in [5.41, 5.74) is 1.28. The van der Waals surface area contributed by atoms with Gasteiger partial charge in [-0.2, -0.15) is 0 Å². The molecule has 114 valence electrons. The van der Waals surface area contributed by atoms with Crippen LogP contribution in [-0.2, 0) is 4.74 Å². The van der Waals surface area contributed by atoms with Gasteiger partial charge in [0.2, 0.25) is 0 Å². The third-order valence-corrected chi connectivity index (χ3v) is 3.44. The molecule has 0 fully saturated rings. The van der Waals surface area contributed by atoms with Crippen molar-refractivity contribution >= 4 is 0 Å². The molecule has 0 heterocycles. The fourth-order valence-corrected chi connectivity index (χ4v) is 2.18. The van der Waals surface area contributed by atoms with Gasteiger partial charge in [0, 0.05) is 26.2 Å². The Kier molecular flexibility index (Phi) is 8.26. The largest absolute Gasteiger partial charge is 0.494 e. The number of hydrogen-bond acceptors (Lipinski definition) is 4. The zero-order chi connectivity index (χ0) is 14.8. The standard InChI is InChI=1S/C16H28N2O2/c1-5-18(11-12-19-4)13-16(17-3)14-7-9-15(10-8-14)20-6-2/h7-10,16-17H,5-6,11-13H2,1-4H3. The Labute approximate surface area is 123 Å². The predicted octanol–water partition coefficient (Wildman–Crippen LogP) is 2.31. The van der Waals surface area contributed by atoms with Gasteiger partial charge in [0.25, 0.3) is 0 Å². The Morgan fingerprint density at radius 2 is 1.90 bits per heavy atom. The lowest BCUT2D eigenvalue weighted by Gasteiger charge is -2.26. The van der Waals surface area contributed by atoms with E-state index >= 15 is 0 Å². The molecular formula is C16H28N2O2. The van der Waals surface area contributed by atoms with E-state index in [1.54, 1.807) is 7.11 Å².